The fourth-order valence-electron chi connectivity index (χ4n) is 5.19. The molecule has 2 bridgehead atoms. The maximum Gasteiger partial charge on any atom is 0.329 e. The third-order valence-corrected chi connectivity index (χ3v) is 10.2. The monoisotopic (exact) mass is 554 g/mol. The Morgan fingerprint density at radius 3 is 2.29 bits per heavy atom. The van der Waals surface area contributed by atoms with Crippen molar-refractivity contribution in [3.8, 4) is 0 Å². The van der Waals surface area contributed by atoms with Gasteiger partial charge in [-0.25, -0.2) is 4.79 Å². The lowest BCUT2D eigenvalue weighted by Gasteiger charge is -2.28. The molecule has 2 saturated carbocycles. The molecule has 2 aliphatic carbocycles. The first kappa shape index (κ1) is 22.5. The van der Waals surface area contributed by atoms with E-state index in [0.717, 1.165) is 22.4 Å². The molecule has 0 aromatic heterocycles. The van der Waals surface area contributed by atoms with E-state index in [-0.39, 0.29) is 33.3 Å². The second-order valence-corrected chi connectivity index (χ2v) is 10.7. The molecule has 3 fully saturated rings. The van der Waals surface area contributed by atoms with Crippen LogP contribution in [0, 0.1) is 37.5 Å². The zero-order chi connectivity index (χ0) is 22.6. The molecule has 166 valence electrons. The predicted octanol–water partition coefficient (Wildman–Crippen LogP) is 2.95. The molecule has 4 rings (SSSR count). The van der Waals surface area contributed by atoms with E-state index in [1.165, 1.54) is 6.92 Å². The van der Waals surface area contributed by atoms with Crippen molar-refractivity contribution < 1.29 is 23.9 Å². The van der Waals surface area contributed by atoms with Gasteiger partial charge in [-0.1, -0.05) is 44.0 Å². The van der Waals surface area contributed by atoms with Gasteiger partial charge in [0.15, 0.2) is 6.61 Å². The number of carbonyl (C=O) groups excluding carboxylic acids is 4. The van der Waals surface area contributed by atoms with Crippen molar-refractivity contribution in [3.63, 3.8) is 0 Å². The minimum Gasteiger partial charge on any atom is -0.454 e. The zero-order valence-electron chi connectivity index (χ0n) is 17.4. The van der Waals surface area contributed by atoms with E-state index in [2.05, 4.69) is 37.2 Å². The molecule has 0 unspecified atom stereocenters. The van der Waals surface area contributed by atoms with Crippen LogP contribution in [0.25, 0.3) is 0 Å². The molecule has 0 radical (unpaired) electrons. The molecule has 1 saturated heterocycles. The Hall–Kier alpha value is -1.74. The lowest BCUT2D eigenvalue weighted by Crippen LogP contribution is -2.45. The fraction of sp³-hybridized carbons (Fsp3) is 0.545. The Morgan fingerprint density at radius 2 is 1.71 bits per heavy atom. The Bertz CT molecular complexity index is 935. The van der Waals surface area contributed by atoms with Crippen molar-refractivity contribution in [2.24, 2.45) is 23.7 Å². The third kappa shape index (κ3) is 3.63. The van der Waals surface area contributed by atoms with Crippen LogP contribution in [0.15, 0.2) is 18.2 Å². The lowest BCUT2D eigenvalue weighted by atomic mass is 9.81. The van der Waals surface area contributed by atoms with Gasteiger partial charge in [0.05, 0.1) is 11.8 Å². The number of anilines is 1. The van der Waals surface area contributed by atoms with Crippen LogP contribution in [0.5, 0.6) is 0 Å². The smallest absolute Gasteiger partial charge is 0.329 e. The first-order valence-corrected chi connectivity index (χ1v) is 12.1. The van der Waals surface area contributed by atoms with Crippen LogP contribution in [-0.2, 0) is 23.9 Å². The molecule has 1 N–H and O–H groups in total. The number of nitrogens with zero attached hydrogens (tertiary/aromatic N) is 1. The van der Waals surface area contributed by atoms with Crippen LogP contribution in [0.2, 0.25) is 0 Å². The van der Waals surface area contributed by atoms with E-state index in [1.807, 2.05) is 26.0 Å². The standard InChI is InChI=1S/C22H24Br2N2O5/c1-9-5-4-6-14(10(9)2)25-15(27)8-31-22(30)11(3)26-20(28)16-12-7-13(17(16)21(26)29)19(24)18(12)23/h4-6,11-13,16-19H,7-8H2,1-3H3,(H,25,27)/t11-,12+,13+,16-,17+,18-,19+/m0/s1. The molecular weight excluding hydrogens is 532 g/mol. The first-order valence-electron chi connectivity index (χ1n) is 10.3. The minimum atomic E-state index is -1.07. The van der Waals surface area contributed by atoms with Crippen molar-refractivity contribution in [1.82, 2.24) is 4.90 Å². The number of likely N-dealkylation sites (tertiary alicyclic amines) is 1. The predicted molar refractivity (Wildman–Crippen MR) is 121 cm³/mol. The summed E-state index contributed by atoms with van der Waals surface area (Å²) in [6.07, 6.45) is 0.823. The van der Waals surface area contributed by atoms with E-state index in [1.54, 1.807) is 6.07 Å². The van der Waals surface area contributed by atoms with Crippen LogP contribution in [0.3, 0.4) is 0 Å². The number of hydrogen-bond donors (Lipinski definition) is 1. The van der Waals surface area contributed by atoms with Crippen molar-refractivity contribution in [2.45, 2.75) is 42.9 Å². The van der Waals surface area contributed by atoms with Crippen LogP contribution in [0.1, 0.15) is 24.5 Å². The molecule has 3 amide bonds. The molecule has 3 aliphatic rings. The Morgan fingerprint density at radius 1 is 1.13 bits per heavy atom. The lowest BCUT2D eigenvalue weighted by molar-refractivity contribution is -0.159. The highest BCUT2D eigenvalue weighted by Crippen LogP contribution is 2.60. The van der Waals surface area contributed by atoms with E-state index in [4.69, 9.17) is 4.74 Å². The van der Waals surface area contributed by atoms with Gasteiger partial charge in [0, 0.05) is 15.3 Å². The molecule has 1 aliphatic heterocycles. The summed E-state index contributed by atoms with van der Waals surface area (Å²) >= 11 is 7.29. The van der Waals surface area contributed by atoms with E-state index in [0.29, 0.717) is 5.69 Å². The van der Waals surface area contributed by atoms with Crippen LogP contribution in [0.4, 0.5) is 5.69 Å². The summed E-state index contributed by atoms with van der Waals surface area (Å²) in [4.78, 5) is 52.1. The molecule has 0 spiro atoms. The van der Waals surface area contributed by atoms with E-state index < -0.39 is 36.4 Å². The van der Waals surface area contributed by atoms with Gasteiger partial charge in [-0.2, -0.15) is 0 Å². The van der Waals surface area contributed by atoms with Crippen LogP contribution < -0.4 is 5.32 Å². The minimum absolute atomic E-state index is 0.0763. The number of ether oxygens (including phenoxy) is 1. The molecule has 7 atom stereocenters. The Kier molecular flexibility index (Phi) is 6.02. The summed E-state index contributed by atoms with van der Waals surface area (Å²) in [5.74, 6) is -2.49. The summed E-state index contributed by atoms with van der Waals surface area (Å²) < 4.78 is 5.14. The summed E-state index contributed by atoms with van der Waals surface area (Å²) in [6, 6.07) is 4.47. The number of esters is 1. The van der Waals surface area contributed by atoms with Crippen molar-refractivity contribution >= 4 is 61.2 Å². The summed E-state index contributed by atoms with van der Waals surface area (Å²) in [6.45, 7) is 4.81. The average Bonchev–Trinajstić information content (AvgIpc) is 3.34. The van der Waals surface area contributed by atoms with E-state index in [9.17, 15) is 19.2 Å². The number of carbonyl (C=O) groups is 4. The van der Waals surface area contributed by atoms with Crippen molar-refractivity contribution in [3.05, 3.63) is 29.3 Å². The van der Waals surface area contributed by atoms with E-state index >= 15 is 0 Å². The number of aryl methyl sites for hydroxylation is 1. The number of hydrogen-bond acceptors (Lipinski definition) is 5. The fourth-order valence-corrected chi connectivity index (χ4v) is 7.06. The van der Waals surface area contributed by atoms with Gasteiger partial charge in [0.25, 0.3) is 5.91 Å². The molecule has 1 aromatic rings. The molecule has 1 aromatic carbocycles. The number of amides is 3. The SMILES string of the molecule is Cc1cccc(NC(=O)COC(=O)[C@H](C)N2C(=O)[C@@H]3[C@H]4C[C@@H]([C@H](Br)[C@@H]4Br)[C@@H]3C2=O)c1C. The molecule has 7 nitrogen and oxygen atoms in total. The number of benzene rings is 1. The largest absolute Gasteiger partial charge is 0.454 e. The quantitative estimate of drug-likeness (QED) is 0.342. The first-order chi connectivity index (χ1) is 14.6. The summed E-state index contributed by atoms with van der Waals surface area (Å²) in [5.41, 5.74) is 2.61. The summed E-state index contributed by atoms with van der Waals surface area (Å²) in [5, 5.41) is 2.72. The summed E-state index contributed by atoms with van der Waals surface area (Å²) in [7, 11) is 0. The van der Waals surface area contributed by atoms with Crippen LogP contribution in [-0.4, -0.2) is 50.9 Å². The number of rotatable bonds is 5. The maximum absolute atomic E-state index is 13.0. The second kappa shape index (κ2) is 8.31. The topological polar surface area (TPSA) is 92.8 Å². The number of halogens is 2. The van der Waals surface area contributed by atoms with Crippen molar-refractivity contribution in [2.75, 3.05) is 11.9 Å². The second-order valence-electron chi connectivity index (χ2n) is 8.63. The van der Waals surface area contributed by atoms with Gasteiger partial charge in [-0.3, -0.25) is 19.3 Å². The van der Waals surface area contributed by atoms with Gasteiger partial charge in [0.2, 0.25) is 11.8 Å². The number of fused-ring (bicyclic) bond motifs is 5. The van der Waals surface area contributed by atoms with Gasteiger partial charge in [-0.15, -0.1) is 0 Å². The molecule has 1 heterocycles. The zero-order valence-corrected chi connectivity index (χ0v) is 20.6. The van der Waals surface area contributed by atoms with Gasteiger partial charge >= 0.3 is 5.97 Å². The van der Waals surface area contributed by atoms with Crippen molar-refractivity contribution in [1.29, 1.82) is 0 Å². The van der Waals surface area contributed by atoms with Gasteiger partial charge in [0.1, 0.15) is 6.04 Å². The third-order valence-electron chi connectivity index (χ3n) is 6.97. The molecule has 9 heteroatoms. The number of imide groups is 1. The normalized spacial score (nSPS) is 32.2. The molecule has 31 heavy (non-hydrogen) atoms. The van der Waals surface area contributed by atoms with Gasteiger partial charge in [-0.05, 0) is 56.2 Å². The maximum atomic E-state index is 13.0. The highest BCUT2D eigenvalue weighted by Gasteiger charge is 2.67. The number of alkyl halides is 2. The van der Waals surface area contributed by atoms with Crippen LogP contribution >= 0.6 is 31.9 Å². The van der Waals surface area contributed by atoms with Gasteiger partial charge < -0.3 is 10.1 Å². The Balaban J connectivity index is 1.38. The number of nitrogens with one attached hydrogen (secondary N) is 1. The highest BCUT2D eigenvalue weighted by atomic mass is 79.9. The Labute approximate surface area is 197 Å². The highest BCUT2D eigenvalue weighted by molar-refractivity contribution is 9.12. The average molecular weight is 556 g/mol. The molecular formula is C22H24Br2N2O5.